The van der Waals surface area contributed by atoms with E-state index in [4.69, 9.17) is 4.74 Å². The van der Waals surface area contributed by atoms with E-state index in [0.29, 0.717) is 5.75 Å². The van der Waals surface area contributed by atoms with Crippen molar-refractivity contribution in [1.82, 2.24) is 4.98 Å². The maximum atomic E-state index is 11.1. The van der Waals surface area contributed by atoms with Crippen molar-refractivity contribution >= 4 is 0 Å². The van der Waals surface area contributed by atoms with Crippen molar-refractivity contribution in [2.24, 2.45) is 0 Å². The summed E-state index contributed by atoms with van der Waals surface area (Å²) in [6.07, 6.45) is 0. The van der Waals surface area contributed by atoms with Gasteiger partial charge in [-0.15, -0.1) is 0 Å². The number of aromatic amines is 1. The van der Waals surface area contributed by atoms with Gasteiger partial charge < -0.3 is 9.72 Å². The molecule has 1 N–H and O–H groups in total. The van der Waals surface area contributed by atoms with Gasteiger partial charge in [-0.05, 0) is 13.8 Å². The van der Waals surface area contributed by atoms with Crippen LogP contribution in [0, 0.1) is 13.8 Å². The molecule has 0 aliphatic heterocycles. The molecule has 0 bridgehead atoms. The van der Waals surface area contributed by atoms with E-state index in [1.807, 2.05) is 13.8 Å². The second-order valence-electron chi connectivity index (χ2n) is 2.47. The number of rotatable bonds is 1. The van der Waals surface area contributed by atoms with Crippen LogP contribution in [-0.4, -0.2) is 12.1 Å². The molecule has 3 nitrogen and oxygen atoms in total. The first kappa shape index (κ1) is 7.85. The van der Waals surface area contributed by atoms with E-state index in [0.717, 1.165) is 11.4 Å². The molecule has 1 aromatic rings. The predicted octanol–water partition coefficient (Wildman–Crippen LogP) is 1.00. The highest BCUT2D eigenvalue weighted by molar-refractivity contribution is 5.27. The van der Waals surface area contributed by atoms with Gasteiger partial charge in [-0.1, -0.05) is 0 Å². The molecule has 11 heavy (non-hydrogen) atoms. The summed E-state index contributed by atoms with van der Waals surface area (Å²) in [6.45, 7) is 3.65. The quantitative estimate of drug-likeness (QED) is 0.654. The molecule has 0 radical (unpaired) electrons. The summed E-state index contributed by atoms with van der Waals surface area (Å²) in [5.41, 5.74) is 1.56. The molecule has 0 aliphatic rings. The lowest BCUT2D eigenvalue weighted by molar-refractivity contribution is 0.405. The molecule has 0 aliphatic carbocycles. The van der Waals surface area contributed by atoms with E-state index in [1.54, 1.807) is 0 Å². The van der Waals surface area contributed by atoms with Crippen molar-refractivity contribution in [3.05, 3.63) is 27.7 Å². The minimum absolute atomic E-state index is 0.0683. The summed E-state index contributed by atoms with van der Waals surface area (Å²) in [4.78, 5) is 14.2. The number of methoxy groups -OCH3 is 1. The van der Waals surface area contributed by atoms with E-state index >= 15 is 0 Å². The number of pyridine rings is 1. The van der Waals surface area contributed by atoms with Crippen molar-refractivity contribution < 1.29 is 4.74 Å². The Morgan fingerprint density at radius 1 is 1.45 bits per heavy atom. The van der Waals surface area contributed by atoms with Crippen LogP contribution in [0.5, 0.6) is 5.75 Å². The summed E-state index contributed by atoms with van der Waals surface area (Å²) in [5, 5.41) is 0. The van der Waals surface area contributed by atoms with Crippen LogP contribution < -0.4 is 10.2 Å². The fourth-order valence-corrected chi connectivity index (χ4v) is 1.09. The number of ether oxygens (including phenoxy) is 1. The Labute approximate surface area is 65.0 Å². The Bertz CT molecular complexity index is 314. The van der Waals surface area contributed by atoms with Crippen LogP contribution in [-0.2, 0) is 0 Å². The summed E-state index contributed by atoms with van der Waals surface area (Å²) >= 11 is 0. The fraction of sp³-hybridized carbons (Fsp3) is 0.375. The maximum absolute atomic E-state index is 11.1. The molecular formula is C8H11NO2. The van der Waals surface area contributed by atoms with Crippen molar-refractivity contribution in [2.45, 2.75) is 13.8 Å². The van der Waals surface area contributed by atoms with Gasteiger partial charge in [-0.25, -0.2) is 0 Å². The number of aryl methyl sites for hydroxylation is 2. The monoisotopic (exact) mass is 153 g/mol. The van der Waals surface area contributed by atoms with Crippen LogP contribution in [0.15, 0.2) is 10.9 Å². The molecule has 0 amide bonds. The minimum atomic E-state index is -0.0683. The minimum Gasteiger partial charge on any atom is -0.491 e. The molecule has 0 spiro atoms. The highest BCUT2D eigenvalue weighted by Crippen LogP contribution is 2.07. The van der Waals surface area contributed by atoms with Gasteiger partial charge in [0.05, 0.1) is 12.8 Å². The molecular weight excluding hydrogens is 142 g/mol. The maximum Gasteiger partial charge on any atom is 0.223 e. The standard InChI is InChI=1S/C8H11NO2/c1-5-4-7(10)8(11-3)6(2)9-5/h4H,1-3H3,(H,9,10). The molecule has 0 saturated heterocycles. The lowest BCUT2D eigenvalue weighted by atomic mass is 10.3. The number of hydrogen-bond donors (Lipinski definition) is 1. The zero-order valence-corrected chi connectivity index (χ0v) is 6.89. The summed E-state index contributed by atoms with van der Waals surface area (Å²) in [6, 6.07) is 1.52. The van der Waals surface area contributed by atoms with Crippen LogP contribution >= 0.6 is 0 Å². The van der Waals surface area contributed by atoms with Gasteiger partial charge in [0.15, 0.2) is 5.75 Å². The first-order valence-corrected chi connectivity index (χ1v) is 3.39. The number of hydrogen-bond acceptors (Lipinski definition) is 2. The third-order valence-corrected chi connectivity index (χ3v) is 1.50. The van der Waals surface area contributed by atoms with E-state index in [1.165, 1.54) is 13.2 Å². The second-order valence-corrected chi connectivity index (χ2v) is 2.47. The van der Waals surface area contributed by atoms with Gasteiger partial charge in [0.2, 0.25) is 5.43 Å². The molecule has 1 rings (SSSR count). The average molecular weight is 153 g/mol. The van der Waals surface area contributed by atoms with Crippen LogP contribution in [0.4, 0.5) is 0 Å². The van der Waals surface area contributed by atoms with Gasteiger partial charge in [0, 0.05) is 11.8 Å². The number of aromatic nitrogens is 1. The molecule has 0 unspecified atom stereocenters. The average Bonchev–Trinajstić information content (AvgIpc) is 1.85. The van der Waals surface area contributed by atoms with Gasteiger partial charge in [0.1, 0.15) is 0 Å². The summed E-state index contributed by atoms with van der Waals surface area (Å²) in [7, 11) is 1.49. The lowest BCUT2D eigenvalue weighted by Crippen LogP contribution is -2.08. The van der Waals surface area contributed by atoms with Crippen LogP contribution in [0.1, 0.15) is 11.4 Å². The normalized spacial score (nSPS) is 9.73. The third kappa shape index (κ3) is 1.42. The highest BCUT2D eigenvalue weighted by atomic mass is 16.5. The molecule has 1 aromatic heterocycles. The molecule has 3 heteroatoms. The Morgan fingerprint density at radius 3 is 2.55 bits per heavy atom. The van der Waals surface area contributed by atoms with E-state index < -0.39 is 0 Å². The van der Waals surface area contributed by atoms with Crippen LogP contribution in [0.25, 0.3) is 0 Å². The van der Waals surface area contributed by atoms with Gasteiger partial charge in [0.25, 0.3) is 0 Å². The van der Waals surface area contributed by atoms with Crippen LogP contribution in [0.3, 0.4) is 0 Å². The van der Waals surface area contributed by atoms with Crippen molar-refractivity contribution in [3.63, 3.8) is 0 Å². The van der Waals surface area contributed by atoms with Crippen molar-refractivity contribution in [1.29, 1.82) is 0 Å². The van der Waals surface area contributed by atoms with E-state index in [2.05, 4.69) is 4.98 Å². The Hall–Kier alpha value is -1.25. The Balaban J connectivity index is 3.37. The molecule has 0 saturated carbocycles. The highest BCUT2D eigenvalue weighted by Gasteiger charge is 2.02. The van der Waals surface area contributed by atoms with Crippen LogP contribution in [0.2, 0.25) is 0 Å². The zero-order valence-electron chi connectivity index (χ0n) is 6.89. The van der Waals surface area contributed by atoms with E-state index in [9.17, 15) is 4.79 Å². The number of H-pyrrole nitrogens is 1. The zero-order chi connectivity index (χ0) is 8.43. The summed E-state index contributed by atoms with van der Waals surface area (Å²) < 4.78 is 4.89. The van der Waals surface area contributed by atoms with Gasteiger partial charge in [-0.3, -0.25) is 4.79 Å². The molecule has 0 aromatic carbocycles. The van der Waals surface area contributed by atoms with Gasteiger partial charge >= 0.3 is 0 Å². The molecule has 0 fully saturated rings. The SMILES string of the molecule is COc1c(C)[nH]c(C)cc1=O. The lowest BCUT2D eigenvalue weighted by Gasteiger charge is -2.03. The largest absolute Gasteiger partial charge is 0.491 e. The van der Waals surface area contributed by atoms with Crippen molar-refractivity contribution in [2.75, 3.05) is 7.11 Å². The van der Waals surface area contributed by atoms with Crippen molar-refractivity contribution in [3.8, 4) is 5.75 Å². The first-order valence-electron chi connectivity index (χ1n) is 3.39. The summed E-state index contributed by atoms with van der Waals surface area (Å²) in [5.74, 6) is 0.399. The Kier molecular flexibility index (Phi) is 1.98. The predicted molar refractivity (Wildman–Crippen MR) is 43.1 cm³/mol. The number of nitrogens with one attached hydrogen (secondary N) is 1. The molecule has 0 atom stereocenters. The fourth-order valence-electron chi connectivity index (χ4n) is 1.09. The third-order valence-electron chi connectivity index (χ3n) is 1.50. The topological polar surface area (TPSA) is 42.1 Å². The van der Waals surface area contributed by atoms with E-state index in [-0.39, 0.29) is 5.43 Å². The molecule has 1 heterocycles. The smallest absolute Gasteiger partial charge is 0.223 e. The molecule has 60 valence electrons. The first-order chi connectivity index (χ1) is 5.15. The Morgan fingerprint density at radius 2 is 2.09 bits per heavy atom. The van der Waals surface area contributed by atoms with Gasteiger partial charge in [-0.2, -0.15) is 0 Å². The second kappa shape index (κ2) is 2.78.